The molecule has 2 heterocycles. The number of pyridine rings is 1. The number of piperidine rings is 1. The van der Waals surface area contributed by atoms with E-state index in [0.717, 1.165) is 35.6 Å². The molecule has 0 radical (unpaired) electrons. The number of aryl methyl sites for hydroxylation is 2. The Morgan fingerprint density at radius 1 is 1.38 bits per heavy atom. The second-order valence-corrected chi connectivity index (χ2v) is 6.12. The van der Waals surface area contributed by atoms with Crippen LogP contribution in [0.1, 0.15) is 36.1 Å². The number of rotatable bonds is 7. The molecule has 1 fully saturated rings. The maximum absolute atomic E-state index is 8.52. The summed E-state index contributed by atoms with van der Waals surface area (Å²) in [6.07, 6.45) is 10.9. The van der Waals surface area contributed by atoms with Gasteiger partial charge >= 0.3 is 0 Å². The van der Waals surface area contributed by atoms with Crippen molar-refractivity contribution in [3.63, 3.8) is 0 Å². The molecule has 2 N–H and O–H groups in total. The van der Waals surface area contributed by atoms with Crippen molar-refractivity contribution in [2.45, 2.75) is 33.1 Å². The van der Waals surface area contributed by atoms with E-state index in [9.17, 15) is 0 Å². The Kier molecular flexibility index (Phi) is 6.73. The Balaban J connectivity index is 2.21. The van der Waals surface area contributed by atoms with Gasteiger partial charge < -0.3 is 15.6 Å². The summed E-state index contributed by atoms with van der Waals surface area (Å²) >= 11 is 0. The zero-order valence-electron chi connectivity index (χ0n) is 14.7. The zero-order chi connectivity index (χ0) is 17.4. The second-order valence-electron chi connectivity index (χ2n) is 6.12. The van der Waals surface area contributed by atoms with Crippen LogP contribution in [0.3, 0.4) is 0 Å². The van der Waals surface area contributed by atoms with Gasteiger partial charge in [-0.15, -0.1) is 0 Å². The van der Waals surface area contributed by atoms with Crippen LogP contribution < -0.4 is 5.32 Å². The van der Waals surface area contributed by atoms with Crippen LogP contribution in [0.15, 0.2) is 41.4 Å². The van der Waals surface area contributed by atoms with Crippen LogP contribution in [0.2, 0.25) is 0 Å². The molecule has 1 saturated heterocycles. The first-order valence-corrected chi connectivity index (χ1v) is 8.43. The summed E-state index contributed by atoms with van der Waals surface area (Å²) in [6, 6.07) is 2.03. The van der Waals surface area contributed by atoms with Gasteiger partial charge in [-0.05, 0) is 57.5 Å². The summed E-state index contributed by atoms with van der Waals surface area (Å²) in [4.78, 5) is 10.4. The fourth-order valence-electron chi connectivity index (χ4n) is 2.86. The lowest BCUT2D eigenvalue weighted by Gasteiger charge is -2.31. The zero-order valence-corrected chi connectivity index (χ0v) is 14.7. The minimum Gasteiger partial charge on any atom is -0.384 e. The molecule has 0 saturated carbocycles. The van der Waals surface area contributed by atoms with Crippen LogP contribution >= 0.6 is 0 Å². The minimum atomic E-state index is 0.511. The number of aromatic nitrogens is 1. The number of likely N-dealkylation sites (tertiary alicyclic amines) is 1. The molecule has 128 valence electrons. The van der Waals surface area contributed by atoms with E-state index in [1.165, 1.54) is 19.3 Å². The van der Waals surface area contributed by atoms with Crippen molar-refractivity contribution in [2.75, 3.05) is 19.6 Å². The molecular formula is C19H27N5. The lowest BCUT2D eigenvalue weighted by molar-refractivity contribution is 0.280. The van der Waals surface area contributed by atoms with E-state index >= 15 is 0 Å². The topological polar surface area (TPSA) is 64.4 Å². The van der Waals surface area contributed by atoms with Gasteiger partial charge in [0.1, 0.15) is 0 Å². The fraction of sp³-hybridized carbons (Fsp3) is 0.421. The molecule has 5 heteroatoms. The van der Waals surface area contributed by atoms with Crippen LogP contribution in [0.4, 0.5) is 0 Å². The van der Waals surface area contributed by atoms with E-state index < -0.39 is 0 Å². The molecule has 1 aliphatic rings. The SMILES string of the molecule is C=N/C=C\NC/C(=C\C(=N)c1cc(C)cnc1C)N1CCCCC1. The summed E-state index contributed by atoms with van der Waals surface area (Å²) in [7, 11) is 0. The molecule has 24 heavy (non-hydrogen) atoms. The highest BCUT2D eigenvalue weighted by molar-refractivity contribution is 6.07. The number of aliphatic imine (C=N–C) groups is 1. The Bertz CT molecular complexity index is 639. The number of allylic oxidation sites excluding steroid dienone is 1. The Morgan fingerprint density at radius 3 is 2.83 bits per heavy atom. The molecule has 0 unspecified atom stereocenters. The monoisotopic (exact) mass is 325 g/mol. The lowest BCUT2D eigenvalue weighted by Crippen LogP contribution is -2.33. The van der Waals surface area contributed by atoms with Gasteiger partial charge in [0.05, 0.1) is 12.3 Å². The summed E-state index contributed by atoms with van der Waals surface area (Å²) < 4.78 is 0. The standard InChI is InChI=1S/C19H27N5/c1-15-11-18(16(2)23-13-15)19(20)12-17(14-22-8-7-21-3)24-9-5-4-6-10-24/h7-8,11-13,20,22H,3-6,9-10,14H2,1-2H3/b8-7-,17-12+,20-19?. The Labute approximate surface area is 144 Å². The van der Waals surface area contributed by atoms with Crippen molar-refractivity contribution in [1.82, 2.24) is 15.2 Å². The van der Waals surface area contributed by atoms with Crippen LogP contribution in [0.5, 0.6) is 0 Å². The molecule has 5 nitrogen and oxygen atoms in total. The number of nitrogens with one attached hydrogen (secondary N) is 2. The van der Waals surface area contributed by atoms with Gasteiger partial charge in [0, 0.05) is 48.6 Å². The summed E-state index contributed by atoms with van der Waals surface area (Å²) in [5.41, 5.74) is 4.51. The quantitative estimate of drug-likeness (QED) is 0.757. The minimum absolute atomic E-state index is 0.511. The third kappa shape index (κ3) is 5.05. The molecule has 0 atom stereocenters. The Morgan fingerprint density at radius 2 is 2.12 bits per heavy atom. The van der Waals surface area contributed by atoms with Crippen molar-refractivity contribution in [3.05, 3.63) is 53.3 Å². The van der Waals surface area contributed by atoms with E-state index in [1.54, 1.807) is 12.4 Å². The van der Waals surface area contributed by atoms with Crippen LogP contribution in [0, 0.1) is 19.3 Å². The molecule has 0 amide bonds. The van der Waals surface area contributed by atoms with Crippen molar-refractivity contribution < 1.29 is 0 Å². The highest BCUT2D eigenvalue weighted by Gasteiger charge is 2.14. The predicted molar refractivity (Wildman–Crippen MR) is 101 cm³/mol. The van der Waals surface area contributed by atoms with Gasteiger partial charge in [-0.1, -0.05) is 0 Å². The van der Waals surface area contributed by atoms with Crippen LogP contribution in [-0.4, -0.2) is 41.9 Å². The average molecular weight is 325 g/mol. The molecule has 2 rings (SSSR count). The van der Waals surface area contributed by atoms with Crippen molar-refractivity contribution in [2.24, 2.45) is 4.99 Å². The molecule has 1 aromatic heterocycles. The van der Waals surface area contributed by atoms with Gasteiger partial charge in [0.15, 0.2) is 0 Å². The van der Waals surface area contributed by atoms with Crippen LogP contribution in [0.25, 0.3) is 0 Å². The van der Waals surface area contributed by atoms with E-state index in [-0.39, 0.29) is 0 Å². The van der Waals surface area contributed by atoms with Crippen molar-refractivity contribution in [1.29, 1.82) is 5.41 Å². The van der Waals surface area contributed by atoms with Gasteiger partial charge in [-0.25, -0.2) is 0 Å². The van der Waals surface area contributed by atoms with Crippen molar-refractivity contribution >= 4 is 12.4 Å². The van der Waals surface area contributed by atoms with Crippen LogP contribution in [-0.2, 0) is 0 Å². The highest BCUT2D eigenvalue weighted by Crippen LogP contribution is 2.16. The van der Waals surface area contributed by atoms with E-state index in [0.29, 0.717) is 12.3 Å². The highest BCUT2D eigenvalue weighted by atomic mass is 15.2. The first kappa shape index (κ1) is 17.9. The summed E-state index contributed by atoms with van der Waals surface area (Å²) in [5.74, 6) is 0. The fourth-order valence-corrected chi connectivity index (χ4v) is 2.86. The second kappa shape index (κ2) is 9.01. The predicted octanol–water partition coefficient (Wildman–Crippen LogP) is 3.20. The first-order chi connectivity index (χ1) is 11.6. The largest absolute Gasteiger partial charge is 0.384 e. The molecule has 0 aromatic carbocycles. The van der Waals surface area contributed by atoms with E-state index in [1.807, 2.05) is 32.2 Å². The molecule has 0 bridgehead atoms. The van der Waals surface area contributed by atoms with Gasteiger partial charge in [0.25, 0.3) is 0 Å². The van der Waals surface area contributed by atoms with Gasteiger partial charge in [-0.2, -0.15) is 0 Å². The molecular weight excluding hydrogens is 298 g/mol. The summed E-state index contributed by atoms with van der Waals surface area (Å²) in [6.45, 7) is 10.2. The van der Waals surface area contributed by atoms with Gasteiger partial charge in [-0.3, -0.25) is 9.98 Å². The molecule has 0 aliphatic carbocycles. The number of hydrogen-bond donors (Lipinski definition) is 2. The molecule has 0 spiro atoms. The number of nitrogens with zero attached hydrogens (tertiary/aromatic N) is 3. The van der Waals surface area contributed by atoms with Crippen molar-refractivity contribution in [3.8, 4) is 0 Å². The van der Waals surface area contributed by atoms with Gasteiger partial charge in [0.2, 0.25) is 0 Å². The third-order valence-electron chi connectivity index (χ3n) is 4.17. The first-order valence-electron chi connectivity index (χ1n) is 8.43. The molecule has 1 aromatic rings. The smallest absolute Gasteiger partial charge is 0.0648 e. The molecule has 1 aliphatic heterocycles. The normalized spacial score (nSPS) is 15.6. The lowest BCUT2D eigenvalue weighted by atomic mass is 10.0. The van der Waals surface area contributed by atoms with E-state index in [2.05, 4.69) is 26.9 Å². The van der Waals surface area contributed by atoms with E-state index in [4.69, 9.17) is 5.41 Å². The summed E-state index contributed by atoms with van der Waals surface area (Å²) in [5, 5.41) is 11.7. The third-order valence-corrected chi connectivity index (χ3v) is 4.17. The maximum Gasteiger partial charge on any atom is 0.0648 e. The number of hydrogen-bond acceptors (Lipinski definition) is 5. The average Bonchev–Trinajstić information content (AvgIpc) is 2.60. The Hall–Kier alpha value is -2.43. The maximum atomic E-state index is 8.52.